The molecular formula is C18H32Cl2N2O. The van der Waals surface area contributed by atoms with Crippen LogP contribution in [0, 0.1) is 5.92 Å². The molecule has 1 saturated heterocycles. The first-order valence-corrected chi connectivity index (χ1v) is 8.38. The second-order valence-corrected chi connectivity index (χ2v) is 6.28. The van der Waals surface area contributed by atoms with Gasteiger partial charge in [-0.25, -0.2) is 0 Å². The minimum Gasteiger partial charge on any atom is -0.494 e. The zero-order valence-electron chi connectivity index (χ0n) is 14.6. The Kier molecular flexibility index (Phi) is 11.7. The van der Waals surface area contributed by atoms with Crippen LogP contribution < -0.4 is 10.1 Å². The van der Waals surface area contributed by atoms with E-state index in [0.29, 0.717) is 6.04 Å². The van der Waals surface area contributed by atoms with Crippen molar-refractivity contribution in [2.75, 3.05) is 32.8 Å². The van der Waals surface area contributed by atoms with Crippen molar-refractivity contribution in [2.45, 2.75) is 39.7 Å². The maximum atomic E-state index is 5.56. The lowest BCUT2D eigenvalue weighted by atomic mass is 9.95. The van der Waals surface area contributed by atoms with Gasteiger partial charge in [0.25, 0.3) is 0 Å². The Labute approximate surface area is 154 Å². The highest BCUT2D eigenvalue weighted by Gasteiger charge is 2.22. The summed E-state index contributed by atoms with van der Waals surface area (Å²) in [5.74, 6) is 1.74. The first kappa shape index (κ1) is 22.5. The van der Waals surface area contributed by atoms with Gasteiger partial charge in [0, 0.05) is 32.2 Å². The Balaban J connectivity index is 0.00000242. The number of hydrogen-bond acceptors (Lipinski definition) is 3. The third-order valence-corrected chi connectivity index (χ3v) is 4.19. The van der Waals surface area contributed by atoms with Crippen LogP contribution in [-0.4, -0.2) is 37.7 Å². The molecule has 1 N–H and O–H groups in total. The lowest BCUT2D eigenvalue weighted by Crippen LogP contribution is -2.45. The Bertz CT molecular complexity index is 406. The lowest BCUT2D eigenvalue weighted by Gasteiger charge is -2.35. The third kappa shape index (κ3) is 7.30. The van der Waals surface area contributed by atoms with Crippen LogP contribution >= 0.6 is 24.8 Å². The van der Waals surface area contributed by atoms with Crippen molar-refractivity contribution in [1.82, 2.24) is 10.2 Å². The van der Waals surface area contributed by atoms with Crippen LogP contribution in [0.5, 0.6) is 5.75 Å². The molecule has 134 valence electrons. The van der Waals surface area contributed by atoms with Crippen molar-refractivity contribution >= 4 is 24.8 Å². The van der Waals surface area contributed by atoms with Gasteiger partial charge >= 0.3 is 0 Å². The first-order valence-electron chi connectivity index (χ1n) is 8.38. The fourth-order valence-corrected chi connectivity index (χ4v) is 3.00. The predicted octanol–water partition coefficient (Wildman–Crippen LogP) is 4.31. The molecule has 2 rings (SSSR count). The largest absolute Gasteiger partial charge is 0.494 e. The summed E-state index contributed by atoms with van der Waals surface area (Å²) in [5.41, 5.74) is 1.43. The molecule has 1 fully saturated rings. The van der Waals surface area contributed by atoms with E-state index < -0.39 is 0 Å². The molecule has 0 bridgehead atoms. The lowest BCUT2D eigenvalue weighted by molar-refractivity contribution is 0.159. The highest BCUT2D eigenvalue weighted by atomic mass is 35.5. The van der Waals surface area contributed by atoms with Crippen LogP contribution in [0.4, 0.5) is 0 Å². The number of rotatable bonds is 7. The molecule has 0 aliphatic carbocycles. The number of piperazine rings is 1. The zero-order valence-corrected chi connectivity index (χ0v) is 16.2. The Morgan fingerprint density at radius 1 is 1.04 bits per heavy atom. The van der Waals surface area contributed by atoms with Crippen LogP contribution in [0.15, 0.2) is 24.3 Å². The van der Waals surface area contributed by atoms with Gasteiger partial charge in [0.1, 0.15) is 5.75 Å². The van der Waals surface area contributed by atoms with Crippen molar-refractivity contribution in [1.29, 1.82) is 0 Å². The predicted molar refractivity (Wildman–Crippen MR) is 103 cm³/mol. The molecule has 1 atom stereocenters. The van der Waals surface area contributed by atoms with Gasteiger partial charge in [-0.2, -0.15) is 0 Å². The fourth-order valence-electron chi connectivity index (χ4n) is 3.00. The Hall–Kier alpha value is -0.480. The quantitative estimate of drug-likeness (QED) is 0.781. The molecule has 0 radical (unpaired) electrons. The molecule has 0 unspecified atom stereocenters. The average molecular weight is 363 g/mol. The van der Waals surface area contributed by atoms with Crippen LogP contribution in [-0.2, 0) is 0 Å². The SMILES string of the molecule is CCOc1ccc([C@@H](CCC(C)C)N2CCNCC2)cc1.Cl.Cl. The molecule has 1 aliphatic rings. The Morgan fingerprint density at radius 3 is 2.17 bits per heavy atom. The maximum Gasteiger partial charge on any atom is 0.119 e. The topological polar surface area (TPSA) is 24.5 Å². The number of halogens is 2. The maximum absolute atomic E-state index is 5.56. The summed E-state index contributed by atoms with van der Waals surface area (Å²) in [7, 11) is 0. The number of hydrogen-bond donors (Lipinski definition) is 1. The molecule has 3 nitrogen and oxygen atoms in total. The minimum absolute atomic E-state index is 0. The van der Waals surface area contributed by atoms with Crippen molar-refractivity contribution in [3.05, 3.63) is 29.8 Å². The highest BCUT2D eigenvalue weighted by molar-refractivity contribution is 5.85. The van der Waals surface area contributed by atoms with Crippen molar-refractivity contribution in [2.24, 2.45) is 5.92 Å². The molecule has 0 saturated carbocycles. The highest BCUT2D eigenvalue weighted by Crippen LogP contribution is 2.29. The van der Waals surface area contributed by atoms with E-state index in [1.54, 1.807) is 0 Å². The van der Waals surface area contributed by atoms with Crippen LogP contribution in [0.3, 0.4) is 0 Å². The summed E-state index contributed by atoms with van der Waals surface area (Å²) in [4.78, 5) is 2.63. The van der Waals surface area contributed by atoms with E-state index >= 15 is 0 Å². The molecule has 1 heterocycles. The molecule has 0 aromatic heterocycles. The van der Waals surface area contributed by atoms with E-state index in [2.05, 4.69) is 48.3 Å². The van der Waals surface area contributed by atoms with E-state index in [4.69, 9.17) is 4.74 Å². The van der Waals surface area contributed by atoms with E-state index in [1.165, 1.54) is 18.4 Å². The van der Waals surface area contributed by atoms with Gasteiger partial charge in [0.15, 0.2) is 0 Å². The van der Waals surface area contributed by atoms with Gasteiger partial charge in [-0.3, -0.25) is 4.90 Å². The van der Waals surface area contributed by atoms with Gasteiger partial charge in [-0.15, -0.1) is 24.8 Å². The summed E-state index contributed by atoms with van der Waals surface area (Å²) in [6, 6.07) is 9.27. The molecule has 0 spiro atoms. The van der Waals surface area contributed by atoms with Gasteiger partial charge in [0.2, 0.25) is 0 Å². The minimum atomic E-state index is 0. The standard InChI is InChI=1S/C18H30N2O.2ClH/c1-4-21-17-8-6-16(7-9-17)18(10-5-15(2)3)20-13-11-19-12-14-20;;/h6-9,15,18-19H,4-5,10-14H2,1-3H3;2*1H/t18-;;/m1../s1. The summed E-state index contributed by atoms with van der Waals surface area (Å²) in [6.45, 7) is 11.9. The second kappa shape index (κ2) is 12.0. The number of nitrogens with one attached hydrogen (secondary N) is 1. The fraction of sp³-hybridized carbons (Fsp3) is 0.667. The molecule has 5 heteroatoms. The van der Waals surface area contributed by atoms with Crippen LogP contribution in [0.25, 0.3) is 0 Å². The monoisotopic (exact) mass is 362 g/mol. The van der Waals surface area contributed by atoms with E-state index in [1.807, 2.05) is 6.92 Å². The molecule has 0 amide bonds. The number of ether oxygens (including phenoxy) is 1. The van der Waals surface area contributed by atoms with Crippen LogP contribution in [0.2, 0.25) is 0 Å². The molecule has 1 aliphatic heterocycles. The molecular weight excluding hydrogens is 331 g/mol. The molecule has 23 heavy (non-hydrogen) atoms. The molecule has 1 aromatic carbocycles. The summed E-state index contributed by atoms with van der Waals surface area (Å²) in [5, 5.41) is 3.45. The number of nitrogens with zero attached hydrogens (tertiary/aromatic N) is 1. The average Bonchev–Trinajstić information content (AvgIpc) is 2.50. The summed E-state index contributed by atoms with van der Waals surface area (Å²) >= 11 is 0. The Morgan fingerprint density at radius 2 is 1.65 bits per heavy atom. The van der Waals surface area contributed by atoms with E-state index in [0.717, 1.165) is 44.5 Å². The van der Waals surface area contributed by atoms with Gasteiger partial charge in [-0.1, -0.05) is 26.0 Å². The van der Waals surface area contributed by atoms with E-state index in [-0.39, 0.29) is 24.8 Å². The second-order valence-electron chi connectivity index (χ2n) is 6.28. The van der Waals surface area contributed by atoms with Crippen molar-refractivity contribution in [3.8, 4) is 5.75 Å². The summed E-state index contributed by atoms with van der Waals surface area (Å²) in [6.07, 6.45) is 2.52. The van der Waals surface area contributed by atoms with Crippen LogP contribution in [0.1, 0.15) is 45.2 Å². The zero-order chi connectivity index (χ0) is 15.1. The van der Waals surface area contributed by atoms with Crippen molar-refractivity contribution < 1.29 is 4.74 Å². The normalized spacial score (nSPS) is 16.3. The van der Waals surface area contributed by atoms with Crippen molar-refractivity contribution in [3.63, 3.8) is 0 Å². The van der Waals surface area contributed by atoms with Gasteiger partial charge in [-0.05, 0) is 43.4 Å². The van der Waals surface area contributed by atoms with Gasteiger partial charge < -0.3 is 10.1 Å². The number of benzene rings is 1. The smallest absolute Gasteiger partial charge is 0.119 e. The third-order valence-electron chi connectivity index (χ3n) is 4.19. The first-order chi connectivity index (χ1) is 10.2. The molecule has 1 aromatic rings. The summed E-state index contributed by atoms with van der Waals surface area (Å²) < 4.78 is 5.56. The van der Waals surface area contributed by atoms with Gasteiger partial charge in [0.05, 0.1) is 6.61 Å². The van der Waals surface area contributed by atoms with E-state index in [9.17, 15) is 0 Å².